The van der Waals surface area contributed by atoms with Crippen LogP contribution in [0.15, 0.2) is 53.7 Å². The van der Waals surface area contributed by atoms with E-state index in [0.717, 1.165) is 32.5 Å². The van der Waals surface area contributed by atoms with E-state index in [1.165, 1.54) is 16.5 Å². The molecule has 2 heterocycles. The van der Waals surface area contributed by atoms with Crippen molar-refractivity contribution in [1.82, 2.24) is 25.4 Å². The molecule has 3 rings (SSSR count). The Morgan fingerprint density at radius 2 is 1.94 bits per heavy atom. The fourth-order valence-corrected chi connectivity index (χ4v) is 3.43. The zero-order valence-corrected chi connectivity index (χ0v) is 18.2. The van der Waals surface area contributed by atoms with Gasteiger partial charge in [0.05, 0.1) is 18.8 Å². The molecule has 0 aliphatic carbocycles. The van der Waals surface area contributed by atoms with Gasteiger partial charge in [0.1, 0.15) is 5.82 Å². The van der Waals surface area contributed by atoms with Crippen molar-refractivity contribution in [3.05, 3.63) is 65.7 Å². The zero-order chi connectivity index (χ0) is 22.1. The molecule has 0 unspecified atom stereocenters. The molecule has 2 N–H and O–H groups in total. The molecule has 1 aliphatic rings. The van der Waals surface area contributed by atoms with Gasteiger partial charge in [-0.1, -0.05) is 30.3 Å². The van der Waals surface area contributed by atoms with Crippen LogP contribution >= 0.6 is 0 Å². The predicted molar refractivity (Wildman–Crippen MR) is 120 cm³/mol. The Morgan fingerprint density at radius 1 is 1.19 bits per heavy atom. The summed E-state index contributed by atoms with van der Waals surface area (Å²) in [6.45, 7) is 3.13. The molecule has 31 heavy (non-hydrogen) atoms. The Bertz CT molecular complexity index is 865. The molecular formula is C23H31FN6O. The number of benzene rings is 1. The first-order valence-electron chi connectivity index (χ1n) is 10.6. The second-order valence-electron chi connectivity index (χ2n) is 7.92. The number of guanidine groups is 1. The number of halogens is 1. The summed E-state index contributed by atoms with van der Waals surface area (Å²) in [5.74, 6) is 0.0575. The Balaban J connectivity index is 1.56. The Labute approximate surface area is 183 Å². The van der Waals surface area contributed by atoms with Crippen LogP contribution in [-0.2, 0) is 17.9 Å². The van der Waals surface area contributed by atoms with Crippen molar-refractivity contribution in [2.75, 3.05) is 33.7 Å². The van der Waals surface area contributed by atoms with Crippen LogP contribution in [0.5, 0.6) is 0 Å². The summed E-state index contributed by atoms with van der Waals surface area (Å²) in [7, 11) is 3.42. The van der Waals surface area contributed by atoms with Gasteiger partial charge in [-0.15, -0.1) is 0 Å². The average molecular weight is 427 g/mol. The monoisotopic (exact) mass is 426 g/mol. The van der Waals surface area contributed by atoms with Gasteiger partial charge in [0.15, 0.2) is 5.96 Å². The lowest BCUT2D eigenvalue weighted by Gasteiger charge is -2.33. The predicted octanol–water partition coefficient (Wildman–Crippen LogP) is 2.01. The minimum atomic E-state index is -0.385. The highest BCUT2D eigenvalue weighted by molar-refractivity contribution is 5.86. The summed E-state index contributed by atoms with van der Waals surface area (Å²) in [6.07, 6.45) is 3.48. The maximum absolute atomic E-state index is 13.9. The van der Waals surface area contributed by atoms with Crippen molar-refractivity contribution in [2.45, 2.75) is 32.0 Å². The van der Waals surface area contributed by atoms with E-state index in [1.54, 1.807) is 26.4 Å². The SMILES string of the molecule is CN(C)C(=O)CNC(=NCc1ncccc1F)NC1CCN(Cc2ccccc2)CC1. The van der Waals surface area contributed by atoms with Gasteiger partial charge in [-0.3, -0.25) is 14.7 Å². The third-order valence-electron chi connectivity index (χ3n) is 5.30. The van der Waals surface area contributed by atoms with Crippen LogP contribution in [0.1, 0.15) is 24.1 Å². The summed E-state index contributed by atoms with van der Waals surface area (Å²) in [4.78, 5) is 24.5. The Hall–Kier alpha value is -3.00. The van der Waals surface area contributed by atoms with Crippen molar-refractivity contribution in [1.29, 1.82) is 0 Å². The van der Waals surface area contributed by atoms with Crippen LogP contribution in [0.3, 0.4) is 0 Å². The number of hydrogen-bond donors (Lipinski definition) is 2. The molecule has 0 saturated carbocycles. The van der Waals surface area contributed by atoms with E-state index in [2.05, 4.69) is 49.8 Å². The number of hydrogen-bond acceptors (Lipinski definition) is 4. The summed E-state index contributed by atoms with van der Waals surface area (Å²) < 4.78 is 13.9. The number of pyridine rings is 1. The molecule has 2 aromatic rings. The standard InChI is InChI=1S/C23H31FN6O/c1-29(2)22(31)16-27-23(26-15-21-20(24)9-6-12-25-21)28-19-10-13-30(14-11-19)17-18-7-4-3-5-8-18/h3-9,12,19H,10-11,13-17H2,1-2H3,(H2,26,27,28). The maximum atomic E-state index is 13.9. The van der Waals surface area contributed by atoms with E-state index in [1.807, 2.05) is 6.07 Å². The van der Waals surface area contributed by atoms with Crippen molar-refractivity contribution in [3.63, 3.8) is 0 Å². The molecule has 1 aliphatic heterocycles. The van der Waals surface area contributed by atoms with Crippen molar-refractivity contribution >= 4 is 11.9 Å². The number of carbonyl (C=O) groups is 1. The molecule has 1 aromatic carbocycles. The first kappa shape index (κ1) is 22.7. The molecule has 8 heteroatoms. The molecular weight excluding hydrogens is 395 g/mol. The van der Waals surface area contributed by atoms with Crippen LogP contribution in [-0.4, -0.2) is 66.4 Å². The third kappa shape index (κ3) is 7.32. The number of piperidine rings is 1. The molecule has 1 amide bonds. The fourth-order valence-electron chi connectivity index (χ4n) is 3.43. The van der Waals surface area contributed by atoms with Gasteiger partial charge in [-0.05, 0) is 30.5 Å². The number of aromatic nitrogens is 1. The van der Waals surface area contributed by atoms with Crippen LogP contribution in [0.4, 0.5) is 4.39 Å². The number of aliphatic imine (C=N–C) groups is 1. The minimum Gasteiger partial charge on any atom is -0.354 e. The molecule has 0 spiro atoms. The van der Waals surface area contributed by atoms with E-state index in [4.69, 9.17) is 0 Å². The summed E-state index contributed by atoms with van der Waals surface area (Å²) in [6, 6.07) is 13.6. The maximum Gasteiger partial charge on any atom is 0.241 e. The molecule has 1 saturated heterocycles. The highest BCUT2D eigenvalue weighted by Gasteiger charge is 2.20. The number of nitrogens with one attached hydrogen (secondary N) is 2. The lowest BCUT2D eigenvalue weighted by Crippen LogP contribution is -2.50. The number of nitrogens with zero attached hydrogens (tertiary/aromatic N) is 4. The number of likely N-dealkylation sites (tertiary alicyclic amines) is 1. The first-order valence-corrected chi connectivity index (χ1v) is 10.6. The fraction of sp³-hybridized carbons (Fsp3) is 0.435. The van der Waals surface area contributed by atoms with Crippen molar-refractivity contribution in [3.8, 4) is 0 Å². The molecule has 0 atom stereocenters. The van der Waals surface area contributed by atoms with Crippen molar-refractivity contribution in [2.24, 2.45) is 4.99 Å². The quantitative estimate of drug-likeness (QED) is 0.524. The van der Waals surface area contributed by atoms with Gasteiger partial charge in [0.2, 0.25) is 5.91 Å². The smallest absolute Gasteiger partial charge is 0.241 e. The highest BCUT2D eigenvalue weighted by atomic mass is 19.1. The molecule has 1 aromatic heterocycles. The second-order valence-corrected chi connectivity index (χ2v) is 7.92. The van der Waals surface area contributed by atoms with E-state index < -0.39 is 0 Å². The number of carbonyl (C=O) groups excluding carboxylic acids is 1. The van der Waals surface area contributed by atoms with Gasteiger partial charge in [-0.2, -0.15) is 0 Å². The van der Waals surface area contributed by atoms with E-state index in [0.29, 0.717) is 5.96 Å². The zero-order valence-electron chi connectivity index (χ0n) is 18.2. The van der Waals surface area contributed by atoms with Gasteiger partial charge in [-0.25, -0.2) is 9.38 Å². The molecule has 0 bridgehead atoms. The topological polar surface area (TPSA) is 72.9 Å². The number of amides is 1. The second kappa shape index (κ2) is 11.4. The Morgan fingerprint density at radius 3 is 2.61 bits per heavy atom. The van der Waals surface area contributed by atoms with Crippen LogP contribution in [0, 0.1) is 5.82 Å². The highest BCUT2D eigenvalue weighted by Crippen LogP contribution is 2.14. The largest absolute Gasteiger partial charge is 0.354 e. The summed E-state index contributed by atoms with van der Waals surface area (Å²) in [5.41, 5.74) is 1.60. The van der Waals surface area contributed by atoms with Crippen molar-refractivity contribution < 1.29 is 9.18 Å². The normalized spacial score (nSPS) is 15.5. The number of rotatable bonds is 7. The summed E-state index contributed by atoms with van der Waals surface area (Å²) >= 11 is 0. The lowest BCUT2D eigenvalue weighted by molar-refractivity contribution is -0.127. The average Bonchev–Trinajstić information content (AvgIpc) is 2.78. The molecule has 1 fully saturated rings. The van der Waals surface area contributed by atoms with Gasteiger partial charge < -0.3 is 15.5 Å². The number of likely N-dealkylation sites (N-methyl/N-ethyl adjacent to an activating group) is 1. The lowest BCUT2D eigenvalue weighted by atomic mass is 10.0. The van der Waals surface area contributed by atoms with Crippen LogP contribution in [0.2, 0.25) is 0 Å². The van der Waals surface area contributed by atoms with Crippen LogP contribution in [0.25, 0.3) is 0 Å². The van der Waals surface area contributed by atoms with Gasteiger partial charge >= 0.3 is 0 Å². The Kier molecular flexibility index (Phi) is 8.35. The molecule has 0 radical (unpaired) electrons. The van der Waals surface area contributed by atoms with E-state index >= 15 is 0 Å². The van der Waals surface area contributed by atoms with Gasteiger partial charge in [0.25, 0.3) is 0 Å². The third-order valence-corrected chi connectivity index (χ3v) is 5.30. The van der Waals surface area contributed by atoms with E-state index in [-0.39, 0.29) is 36.5 Å². The minimum absolute atomic E-state index is 0.0591. The van der Waals surface area contributed by atoms with E-state index in [9.17, 15) is 9.18 Å². The summed E-state index contributed by atoms with van der Waals surface area (Å²) in [5, 5.41) is 6.49. The molecule has 166 valence electrons. The van der Waals surface area contributed by atoms with Gasteiger partial charge in [0, 0.05) is 46.0 Å². The first-order chi connectivity index (χ1) is 15.0. The molecule has 7 nitrogen and oxygen atoms in total. The van der Waals surface area contributed by atoms with Crippen LogP contribution < -0.4 is 10.6 Å².